The standard InChI is InChI=1S/C54H33NO/c1-3-15-35(16-4-1)51-41-21-9-10-22-42(41)52(45-32-36(26-28-43(45)51)40-24-13-17-34-14-7-8-20-39(34)40)37-27-30-49-46(33-37)54-50(56-49)31-29-48-53(54)44-23-11-12-25-47(44)55(48)38-18-5-2-6-19-38/h1-33H. The Morgan fingerprint density at radius 3 is 1.75 bits per heavy atom. The van der Waals surface area contributed by atoms with Crippen LogP contribution in [0.25, 0.3) is 115 Å². The number of furan rings is 1. The molecule has 2 aromatic heterocycles. The van der Waals surface area contributed by atoms with Gasteiger partial charge in [0.05, 0.1) is 11.0 Å². The van der Waals surface area contributed by atoms with Crippen LogP contribution in [0.3, 0.4) is 0 Å². The first-order valence-electron chi connectivity index (χ1n) is 19.3. The second-order valence-electron chi connectivity index (χ2n) is 14.8. The number of hydrogen-bond donors (Lipinski definition) is 0. The predicted octanol–water partition coefficient (Wildman–Crippen LogP) is 15.1. The van der Waals surface area contributed by atoms with Crippen molar-refractivity contribution in [1.29, 1.82) is 0 Å². The van der Waals surface area contributed by atoms with Gasteiger partial charge in [0, 0.05) is 27.2 Å². The fourth-order valence-electron chi connectivity index (χ4n) is 9.39. The predicted molar refractivity (Wildman–Crippen MR) is 237 cm³/mol. The van der Waals surface area contributed by atoms with Gasteiger partial charge in [0.15, 0.2) is 0 Å². The lowest BCUT2D eigenvalue weighted by molar-refractivity contribution is 0.669. The second-order valence-corrected chi connectivity index (χ2v) is 14.8. The van der Waals surface area contributed by atoms with Crippen LogP contribution in [0, 0.1) is 0 Å². The largest absolute Gasteiger partial charge is 0.456 e. The molecule has 0 saturated carbocycles. The van der Waals surface area contributed by atoms with E-state index in [9.17, 15) is 0 Å². The van der Waals surface area contributed by atoms with Crippen LogP contribution in [0.1, 0.15) is 0 Å². The maximum absolute atomic E-state index is 6.68. The van der Waals surface area contributed by atoms with Gasteiger partial charge in [0.25, 0.3) is 0 Å². The number of nitrogens with zero attached hydrogens (tertiary/aromatic N) is 1. The molecular weight excluding hydrogens is 679 g/mol. The SMILES string of the molecule is c1ccc(-c2c3ccccc3c(-c3ccc4oc5ccc6c(c7ccccc7n6-c6ccccc6)c5c4c3)c3cc(-c4cccc5ccccc45)ccc23)cc1. The van der Waals surface area contributed by atoms with Crippen LogP contribution in [0.5, 0.6) is 0 Å². The van der Waals surface area contributed by atoms with Crippen LogP contribution in [-0.4, -0.2) is 4.57 Å². The van der Waals surface area contributed by atoms with Crippen LogP contribution in [-0.2, 0) is 0 Å². The minimum atomic E-state index is 0.888. The summed E-state index contributed by atoms with van der Waals surface area (Å²) in [6.07, 6.45) is 0. The van der Waals surface area contributed by atoms with E-state index < -0.39 is 0 Å². The molecule has 12 rings (SSSR count). The average Bonchev–Trinajstić information content (AvgIpc) is 3.81. The molecule has 12 aromatic rings. The van der Waals surface area contributed by atoms with Crippen molar-refractivity contribution in [3.63, 3.8) is 0 Å². The minimum absolute atomic E-state index is 0.888. The van der Waals surface area contributed by atoms with Crippen molar-refractivity contribution in [2.24, 2.45) is 0 Å². The van der Waals surface area contributed by atoms with E-state index in [0.29, 0.717) is 0 Å². The molecule has 2 heteroatoms. The Balaban J connectivity index is 1.20. The monoisotopic (exact) mass is 711 g/mol. The van der Waals surface area contributed by atoms with E-state index in [2.05, 4.69) is 205 Å². The van der Waals surface area contributed by atoms with E-state index in [1.165, 1.54) is 87.5 Å². The number of benzene rings is 10. The summed E-state index contributed by atoms with van der Waals surface area (Å²) in [6.45, 7) is 0. The first-order valence-corrected chi connectivity index (χ1v) is 19.3. The molecular formula is C54H33NO. The summed E-state index contributed by atoms with van der Waals surface area (Å²) in [7, 11) is 0. The molecule has 260 valence electrons. The molecule has 0 spiro atoms. The maximum Gasteiger partial charge on any atom is 0.136 e. The van der Waals surface area contributed by atoms with Crippen molar-refractivity contribution in [3.05, 3.63) is 200 Å². The fraction of sp³-hybridized carbons (Fsp3) is 0. The summed E-state index contributed by atoms with van der Waals surface area (Å²) in [6, 6.07) is 72.7. The maximum atomic E-state index is 6.68. The average molecular weight is 712 g/mol. The smallest absolute Gasteiger partial charge is 0.136 e. The fourth-order valence-corrected chi connectivity index (χ4v) is 9.39. The highest BCUT2D eigenvalue weighted by atomic mass is 16.3. The molecule has 0 atom stereocenters. The Labute approximate surface area is 323 Å². The summed E-state index contributed by atoms with van der Waals surface area (Å²) in [5.41, 5.74) is 12.6. The highest BCUT2D eigenvalue weighted by Gasteiger charge is 2.22. The molecule has 0 aliphatic carbocycles. The van der Waals surface area contributed by atoms with Crippen LogP contribution in [0.4, 0.5) is 0 Å². The van der Waals surface area contributed by atoms with E-state index >= 15 is 0 Å². The van der Waals surface area contributed by atoms with Crippen molar-refractivity contribution in [2.75, 3.05) is 0 Å². The molecule has 0 fully saturated rings. The quantitative estimate of drug-likeness (QED) is 0.166. The van der Waals surface area contributed by atoms with Crippen molar-refractivity contribution >= 4 is 76.1 Å². The van der Waals surface area contributed by atoms with Gasteiger partial charge in [-0.25, -0.2) is 0 Å². The molecule has 0 N–H and O–H groups in total. The van der Waals surface area contributed by atoms with Gasteiger partial charge in [-0.1, -0.05) is 152 Å². The van der Waals surface area contributed by atoms with E-state index in [4.69, 9.17) is 4.42 Å². The Morgan fingerprint density at radius 1 is 0.321 bits per heavy atom. The lowest BCUT2D eigenvalue weighted by atomic mass is 9.84. The van der Waals surface area contributed by atoms with Gasteiger partial charge in [-0.3, -0.25) is 0 Å². The number of hydrogen-bond acceptors (Lipinski definition) is 1. The highest BCUT2D eigenvalue weighted by molar-refractivity contribution is 6.28. The zero-order valence-electron chi connectivity index (χ0n) is 30.4. The molecule has 2 heterocycles. The molecule has 0 radical (unpaired) electrons. The number of rotatable bonds is 4. The van der Waals surface area contributed by atoms with Gasteiger partial charge in [0.1, 0.15) is 11.2 Å². The summed E-state index contributed by atoms with van der Waals surface area (Å²) in [4.78, 5) is 0. The summed E-state index contributed by atoms with van der Waals surface area (Å²) >= 11 is 0. The van der Waals surface area contributed by atoms with E-state index in [1.807, 2.05) is 0 Å². The van der Waals surface area contributed by atoms with Gasteiger partial charge in [0.2, 0.25) is 0 Å². The third kappa shape index (κ3) is 4.50. The van der Waals surface area contributed by atoms with Crippen LogP contribution < -0.4 is 0 Å². The van der Waals surface area contributed by atoms with Crippen LogP contribution in [0.15, 0.2) is 205 Å². The molecule has 2 nitrogen and oxygen atoms in total. The summed E-state index contributed by atoms with van der Waals surface area (Å²) in [5.74, 6) is 0. The third-order valence-electron chi connectivity index (χ3n) is 11.8. The van der Waals surface area contributed by atoms with Gasteiger partial charge >= 0.3 is 0 Å². The Morgan fingerprint density at radius 2 is 0.929 bits per heavy atom. The van der Waals surface area contributed by atoms with Crippen molar-refractivity contribution in [1.82, 2.24) is 4.57 Å². The number of para-hydroxylation sites is 2. The van der Waals surface area contributed by atoms with Gasteiger partial charge < -0.3 is 8.98 Å². The van der Waals surface area contributed by atoms with Gasteiger partial charge in [-0.2, -0.15) is 0 Å². The zero-order valence-corrected chi connectivity index (χ0v) is 30.4. The van der Waals surface area contributed by atoms with Crippen LogP contribution >= 0.6 is 0 Å². The topological polar surface area (TPSA) is 18.1 Å². The Hall–Kier alpha value is -7.42. The minimum Gasteiger partial charge on any atom is -0.456 e. The van der Waals surface area contributed by atoms with Gasteiger partial charge in [-0.05, 0) is 114 Å². The second kappa shape index (κ2) is 12.0. The third-order valence-corrected chi connectivity index (χ3v) is 11.8. The molecule has 0 amide bonds. The highest BCUT2D eigenvalue weighted by Crippen LogP contribution is 2.47. The molecule has 10 aromatic carbocycles. The molecule has 0 unspecified atom stereocenters. The van der Waals surface area contributed by atoms with E-state index in [1.54, 1.807) is 0 Å². The Kier molecular flexibility index (Phi) is 6.66. The van der Waals surface area contributed by atoms with Crippen molar-refractivity contribution < 1.29 is 4.42 Å². The summed E-state index contributed by atoms with van der Waals surface area (Å²) < 4.78 is 9.06. The normalized spacial score (nSPS) is 11.9. The molecule has 0 bridgehead atoms. The zero-order chi connectivity index (χ0) is 36.7. The Bertz CT molecular complexity index is 3510. The first kappa shape index (κ1) is 31.0. The van der Waals surface area contributed by atoms with Crippen molar-refractivity contribution in [3.8, 4) is 39.1 Å². The van der Waals surface area contributed by atoms with E-state index in [-0.39, 0.29) is 0 Å². The van der Waals surface area contributed by atoms with E-state index in [0.717, 1.165) is 27.6 Å². The number of aromatic nitrogens is 1. The molecule has 0 saturated heterocycles. The summed E-state index contributed by atoms with van der Waals surface area (Å²) in [5, 5.41) is 12.1. The first-order chi connectivity index (χ1) is 27.8. The lowest BCUT2D eigenvalue weighted by Crippen LogP contribution is -1.92. The molecule has 0 aliphatic rings. The lowest BCUT2D eigenvalue weighted by Gasteiger charge is -2.19. The molecule has 56 heavy (non-hydrogen) atoms. The molecule has 0 aliphatic heterocycles. The van der Waals surface area contributed by atoms with Crippen LogP contribution in [0.2, 0.25) is 0 Å². The van der Waals surface area contributed by atoms with Gasteiger partial charge in [-0.15, -0.1) is 0 Å². The number of fused-ring (bicyclic) bond motifs is 10. The van der Waals surface area contributed by atoms with Crippen molar-refractivity contribution in [2.45, 2.75) is 0 Å².